The van der Waals surface area contributed by atoms with Crippen LogP contribution in [-0.2, 0) is 10.0 Å². The van der Waals surface area contributed by atoms with E-state index in [-0.39, 0.29) is 5.75 Å². The van der Waals surface area contributed by atoms with Gasteiger partial charge in [-0.3, -0.25) is 4.57 Å². The highest BCUT2D eigenvalue weighted by Crippen LogP contribution is 2.29. The molecule has 0 radical (unpaired) electrons. The predicted octanol–water partition coefficient (Wildman–Crippen LogP) is 3.92. The lowest BCUT2D eigenvalue weighted by Crippen LogP contribution is -2.25. The van der Waals surface area contributed by atoms with Crippen molar-refractivity contribution in [1.29, 1.82) is 0 Å². The van der Waals surface area contributed by atoms with Gasteiger partial charge in [-0.15, -0.1) is 10.2 Å². The van der Waals surface area contributed by atoms with Gasteiger partial charge in [-0.2, -0.15) is 0 Å². The molecule has 0 saturated heterocycles. The van der Waals surface area contributed by atoms with Crippen molar-refractivity contribution in [2.24, 2.45) is 0 Å². The molecule has 29 heavy (non-hydrogen) atoms. The Morgan fingerprint density at radius 3 is 2.38 bits per heavy atom. The zero-order valence-corrected chi connectivity index (χ0v) is 18.8. The van der Waals surface area contributed by atoms with Crippen molar-refractivity contribution in [1.82, 2.24) is 19.1 Å². The molecule has 1 aromatic heterocycles. The molecule has 0 aliphatic heterocycles. The van der Waals surface area contributed by atoms with Crippen LogP contribution in [0.5, 0.6) is 0 Å². The normalized spacial score (nSPS) is 11.9. The first-order chi connectivity index (χ1) is 13.8. The number of aromatic nitrogens is 3. The van der Waals surface area contributed by atoms with E-state index in [0.29, 0.717) is 12.2 Å². The van der Waals surface area contributed by atoms with Gasteiger partial charge < -0.3 is 0 Å². The SMILES string of the molecule is Cc1ccc(-n2c(SCCCS(=O)(=O)N(C)C)nnc2-c2ccccc2)cc1C. The Balaban J connectivity index is 1.89. The third kappa shape index (κ3) is 5.07. The van der Waals surface area contributed by atoms with Crippen LogP contribution in [0.15, 0.2) is 53.7 Å². The van der Waals surface area contributed by atoms with Crippen molar-refractivity contribution < 1.29 is 8.42 Å². The number of hydrogen-bond donors (Lipinski definition) is 0. The van der Waals surface area contributed by atoms with Crippen LogP contribution in [-0.4, -0.2) is 53.1 Å². The van der Waals surface area contributed by atoms with E-state index in [2.05, 4.69) is 42.2 Å². The summed E-state index contributed by atoms with van der Waals surface area (Å²) < 4.78 is 27.3. The summed E-state index contributed by atoms with van der Waals surface area (Å²) in [5.41, 5.74) is 4.41. The molecule has 8 heteroatoms. The van der Waals surface area contributed by atoms with Crippen molar-refractivity contribution >= 4 is 21.8 Å². The first kappa shape index (κ1) is 21.5. The molecule has 0 spiro atoms. The summed E-state index contributed by atoms with van der Waals surface area (Å²) in [6, 6.07) is 16.3. The first-order valence-electron chi connectivity index (χ1n) is 9.41. The Morgan fingerprint density at radius 2 is 1.72 bits per heavy atom. The van der Waals surface area contributed by atoms with Crippen molar-refractivity contribution in [3.8, 4) is 17.1 Å². The van der Waals surface area contributed by atoms with E-state index in [1.807, 2.05) is 34.9 Å². The number of rotatable bonds is 8. The average Bonchev–Trinajstić information content (AvgIpc) is 3.12. The van der Waals surface area contributed by atoms with Crippen molar-refractivity contribution in [2.75, 3.05) is 25.6 Å². The molecule has 0 fully saturated rings. The molecule has 3 aromatic rings. The minimum Gasteiger partial charge on any atom is -0.270 e. The van der Waals surface area contributed by atoms with E-state index < -0.39 is 10.0 Å². The van der Waals surface area contributed by atoms with Crippen LogP contribution in [0.2, 0.25) is 0 Å². The minimum absolute atomic E-state index is 0.121. The summed E-state index contributed by atoms with van der Waals surface area (Å²) in [6.07, 6.45) is 0.547. The maximum Gasteiger partial charge on any atom is 0.213 e. The maximum absolute atomic E-state index is 12.0. The summed E-state index contributed by atoms with van der Waals surface area (Å²) in [5, 5.41) is 9.60. The van der Waals surface area contributed by atoms with Crippen LogP contribution in [0.25, 0.3) is 17.1 Å². The standard InChI is InChI=1S/C21H26N4O2S2/c1-16-11-12-19(15-17(16)2)25-20(18-9-6-5-7-10-18)22-23-21(25)28-13-8-14-29(26,27)24(3)4/h5-7,9-12,15H,8,13-14H2,1-4H3. The number of hydrogen-bond acceptors (Lipinski definition) is 5. The summed E-state index contributed by atoms with van der Waals surface area (Å²) >= 11 is 1.53. The van der Waals surface area contributed by atoms with Crippen LogP contribution in [0, 0.1) is 13.8 Å². The molecule has 0 N–H and O–H groups in total. The Bertz CT molecular complexity index is 1080. The number of sulfonamides is 1. The average molecular weight is 431 g/mol. The van der Waals surface area contributed by atoms with Gasteiger partial charge >= 0.3 is 0 Å². The van der Waals surface area contributed by atoms with Gasteiger partial charge in [0.25, 0.3) is 0 Å². The van der Waals surface area contributed by atoms with Gasteiger partial charge in [-0.1, -0.05) is 48.2 Å². The van der Waals surface area contributed by atoms with Crippen LogP contribution in [0.3, 0.4) is 0 Å². The fourth-order valence-corrected chi connectivity index (χ4v) is 4.77. The zero-order chi connectivity index (χ0) is 21.0. The summed E-state index contributed by atoms with van der Waals surface area (Å²) in [6.45, 7) is 4.18. The van der Waals surface area contributed by atoms with E-state index in [9.17, 15) is 8.42 Å². The third-order valence-electron chi connectivity index (χ3n) is 4.75. The van der Waals surface area contributed by atoms with Gasteiger partial charge in [0.2, 0.25) is 10.0 Å². The fourth-order valence-electron chi connectivity index (χ4n) is 2.82. The largest absolute Gasteiger partial charge is 0.270 e. The molecule has 0 amide bonds. The van der Waals surface area contributed by atoms with E-state index >= 15 is 0 Å². The van der Waals surface area contributed by atoms with Gasteiger partial charge in [0.15, 0.2) is 11.0 Å². The minimum atomic E-state index is -3.19. The lowest BCUT2D eigenvalue weighted by Gasteiger charge is -2.13. The van der Waals surface area contributed by atoms with E-state index in [1.165, 1.54) is 27.2 Å². The molecule has 1 heterocycles. The maximum atomic E-state index is 12.0. The highest BCUT2D eigenvalue weighted by molar-refractivity contribution is 7.99. The highest BCUT2D eigenvalue weighted by atomic mass is 32.2. The molecule has 6 nitrogen and oxygen atoms in total. The predicted molar refractivity (Wildman–Crippen MR) is 119 cm³/mol. The molecular formula is C21H26N4O2S2. The van der Waals surface area contributed by atoms with Gasteiger partial charge in [0.1, 0.15) is 0 Å². The molecule has 0 unspecified atom stereocenters. The molecule has 0 bridgehead atoms. The van der Waals surface area contributed by atoms with Gasteiger partial charge in [0, 0.05) is 25.4 Å². The second-order valence-electron chi connectivity index (χ2n) is 7.08. The molecule has 0 saturated carbocycles. The summed E-state index contributed by atoms with van der Waals surface area (Å²) in [7, 11) is -0.0649. The molecule has 0 atom stereocenters. The molecule has 0 aliphatic rings. The monoisotopic (exact) mass is 430 g/mol. The van der Waals surface area contributed by atoms with Crippen LogP contribution in [0.4, 0.5) is 0 Å². The highest BCUT2D eigenvalue weighted by Gasteiger charge is 2.18. The molecule has 154 valence electrons. The van der Waals surface area contributed by atoms with Gasteiger partial charge in [-0.25, -0.2) is 12.7 Å². The third-order valence-corrected chi connectivity index (χ3v) is 7.68. The zero-order valence-electron chi connectivity index (χ0n) is 17.2. The van der Waals surface area contributed by atoms with E-state index in [4.69, 9.17) is 0 Å². The number of benzene rings is 2. The summed E-state index contributed by atoms with van der Waals surface area (Å²) in [5.74, 6) is 1.54. The lowest BCUT2D eigenvalue weighted by molar-refractivity contribution is 0.520. The number of thioether (sulfide) groups is 1. The number of nitrogens with zero attached hydrogens (tertiary/aromatic N) is 4. The first-order valence-corrected chi connectivity index (χ1v) is 12.0. The number of aryl methyl sites for hydroxylation is 2. The molecule has 2 aromatic carbocycles. The van der Waals surface area contributed by atoms with Crippen molar-refractivity contribution in [2.45, 2.75) is 25.4 Å². The fraction of sp³-hybridized carbons (Fsp3) is 0.333. The van der Waals surface area contributed by atoms with Crippen molar-refractivity contribution in [3.63, 3.8) is 0 Å². The van der Waals surface area contributed by atoms with E-state index in [0.717, 1.165) is 22.2 Å². The second-order valence-corrected chi connectivity index (χ2v) is 10.4. The van der Waals surface area contributed by atoms with Crippen LogP contribution < -0.4 is 0 Å². The van der Waals surface area contributed by atoms with Crippen LogP contribution in [0.1, 0.15) is 17.5 Å². The Labute approximate surface area is 177 Å². The Hall–Kier alpha value is -2.16. The quantitative estimate of drug-likeness (QED) is 0.400. The lowest BCUT2D eigenvalue weighted by atomic mass is 10.1. The van der Waals surface area contributed by atoms with Gasteiger partial charge in [-0.05, 0) is 43.5 Å². The molecule has 0 aliphatic carbocycles. The Morgan fingerprint density at radius 1 is 1.00 bits per heavy atom. The van der Waals surface area contributed by atoms with Crippen LogP contribution >= 0.6 is 11.8 Å². The second kappa shape index (κ2) is 9.11. The molecule has 3 rings (SSSR count). The van der Waals surface area contributed by atoms with Crippen molar-refractivity contribution in [3.05, 3.63) is 59.7 Å². The smallest absolute Gasteiger partial charge is 0.213 e. The van der Waals surface area contributed by atoms with E-state index in [1.54, 1.807) is 14.1 Å². The topological polar surface area (TPSA) is 68.1 Å². The van der Waals surface area contributed by atoms with Gasteiger partial charge in [0.05, 0.1) is 11.4 Å². The molecular weight excluding hydrogens is 404 g/mol. The Kier molecular flexibility index (Phi) is 6.77. The summed E-state index contributed by atoms with van der Waals surface area (Å²) in [4.78, 5) is 0.